The Morgan fingerprint density at radius 2 is 1.95 bits per heavy atom. The molecule has 5 heteroatoms. The average molecular weight is 293 g/mol. The monoisotopic (exact) mass is 293 g/mol. The molecule has 0 aliphatic carbocycles. The average Bonchev–Trinajstić information content (AvgIpc) is 2.45. The lowest BCUT2D eigenvalue weighted by Gasteiger charge is -2.22. The largest absolute Gasteiger partial charge is 0.341 e. The van der Waals surface area contributed by atoms with Crippen molar-refractivity contribution in [3.8, 4) is 0 Å². The molecule has 0 aliphatic rings. The van der Waals surface area contributed by atoms with Crippen LogP contribution in [0.1, 0.15) is 37.9 Å². The smallest absolute Gasteiger partial charge is 0.225 e. The molecule has 0 saturated carbocycles. The van der Waals surface area contributed by atoms with E-state index in [2.05, 4.69) is 60.0 Å². The summed E-state index contributed by atoms with van der Waals surface area (Å²) in [5.41, 5.74) is 2.27. The Labute approximate surface area is 129 Å². The molecule has 1 rings (SSSR count). The number of nitrogens with one attached hydrogen (secondary N) is 1. The van der Waals surface area contributed by atoms with Crippen LogP contribution in [0.25, 0.3) is 0 Å². The maximum Gasteiger partial charge on any atom is 0.225 e. The SMILES string of the molecule is CCCNCc1cnc(N(CC)CCCN(C)C)nc1C. The minimum absolute atomic E-state index is 0.854. The lowest BCUT2D eigenvalue weighted by molar-refractivity contribution is 0.400. The summed E-state index contributed by atoms with van der Waals surface area (Å²) < 4.78 is 0. The number of aromatic nitrogens is 2. The van der Waals surface area contributed by atoms with Crippen LogP contribution in [0, 0.1) is 6.92 Å². The Morgan fingerprint density at radius 3 is 2.52 bits per heavy atom. The highest BCUT2D eigenvalue weighted by Crippen LogP contribution is 2.11. The molecule has 5 nitrogen and oxygen atoms in total. The summed E-state index contributed by atoms with van der Waals surface area (Å²) in [5.74, 6) is 0.855. The third-order valence-corrected chi connectivity index (χ3v) is 3.51. The van der Waals surface area contributed by atoms with Crippen molar-refractivity contribution in [1.29, 1.82) is 0 Å². The molecule has 0 amide bonds. The summed E-state index contributed by atoms with van der Waals surface area (Å²) >= 11 is 0. The Bertz CT molecular complexity index is 406. The molecule has 120 valence electrons. The number of nitrogens with zero attached hydrogens (tertiary/aromatic N) is 4. The fraction of sp³-hybridized carbons (Fsp3) is 0.750. The van der Waals surface area contributed by atoms with Crippen LogP contribution in [-0.2, 0) is 6.54 Å². The summed E-state index contributed by atoms with van der Waals surface area (Å²) in [6, 6.07) is 0. The summed E-state index contributed by atoms with van der Waals surface area (Å²) in [6.07, 6.45) is 4.24. The zero-order chi connectivity index (χ0) is 15.7. The van der Waals surface area contributed by atoms with Gasteiger partial charge >= 0.3 is 0 Å². The van der Waals surface area contributed by atoms with Gasteiger partial charge in [0.1, 0.15) is 0 Å². The van der Waals surface area contributed by atoms with Crippen LogP contribution in [0.15, 0.2) is 6.20 Å². The van der Waals surface area contributed by atoms with E-state index in [0.29, 0.717) is 0 Å². The number of aryl methyl sites for hydroxylation is 1. The molecule has 0 aromatic carbocycles. The van der Waals surface area contributed by atoms with E-state index < -0.39 is 0 Å². The van der Waals surface area contributed by atoms with Crippen LogP contribution in [0.3, 0.4) is 0 Å². The number of anilines is 1. The number of rotatable bonds is 10. The van der Waals surface area contributed by atoms with Gasteiger partial charge < -0.3 is 15.1 Å². The Kier molecular flexibility index (Phi) is 8.23. The Morgan fingerprint density at radius 1 is 1.19 bits per heavy atom. The highest BCUT2D eigenvalue weighted by Gasteiger charge is 2.09. The van der Waals surface area contributed by atoms with Gasteiger partial charge in [-0.25, -0.2) is 9.97 Å². The van der Waals surface area contributed by atoms with Gasteiger partial charge in [0.25, 0.3) is 0 Å². The molecule has 0 bridgehead atoms. The molecule has 0 fully saturated rings. The van der Waals surface area contributed by atoms with E-state index >= 15 is 0 Å². The maximum atomic E-state index is 4.68. The van der Waals surface area contributed by atoms with Crippen molar-refractivity contribution < 1.29 is 0 Å². The molecule has 21 heavy (non-hydrogen) atoms. The van der Waals surface area contributed by atoms with E-state index in [-0.39, 0.29) is 0 Å². The first kappa shape index (κ1) is 17.9. The lowest BCUT2D eigenvalue weighted by atomic mass is 10.2. The van der Waals surface area contributed by atoms with E-state index in [4.69, 9.17) is 0 Å². The van der Waals surface area contributed by atoms with Gasteiger partial charge in [0.2, 0.25) is 5.95 Å². The molecule has 0 saturated heterocycles. The Balaban J connectivity index is 2.62. The summed E-state index contributed by atoms with van der Waals surface area (Å²) in [6.45, 7) is 11.3. The van der Waals surface area contributed by atoms with Gasteiger partial charge in [0.15, 0.2) is 0 Å². The van der Waals surface area contributed by atoms with E-state index in [1.54, 1.807) is 0 Å². The predicted octanol–water partition coefficient (Wildman–Crippen LogP) is 2.06. The van der Waals surface area contributed by atoms with E-state index in [9.17, 15) is 0 Å². The molecule has 1 N–H and O–H groups in total. The van der Waals surface area contributed by atoms with Crippen LogP contribution in [-0.4, -0.2) is 55.1 Å². The van der Waals surface area contributed by atoms with Crippen molar-refractivity contribution in [1.82, 2.24) is 20.2 Å². The molecule has 0 radical (unpaired) electrons. The van der Waals surface area contributed by atoms with Crippen LogP contribution < -0.4 is 10.2 Å². The van der Waals surface area contributed by atoms with E-state index in [1.165, 1.54) is 5.56 Å². The second-order valence-corrected chi connectivity index (χ2v) is 5.69. The van der Waals surface area contributed by atoms with Crippen LogP contribution >= 0.6 is 0 Å². The molecule has 0 spiro atoms. The molecule has 0 atom stereocenters. The van der Waals surface area contributed by atoms with E-state index in [1.807, 2.05) is 6.20 Å². The van der Waals surface area contributed by atoms with Gasteiger partial charge in [0.05, 0.1) is 0 Å². The van der Waals surface area contributed by atoms with Crippen molar-refractivity contribution >= 4 is 5.95 Å². The molecule has 1 heterocycles. The molecule has 1 aromatic rings. The third-order valence-electron chi connectivity index (χ3n) is 3.51. The first-order valence-corrected chi connectivity index (χ1v) is 8.01. The van der Waals surface area contributed by atoms with Gasteiger partial charge in [-0.2, -0.15) is 0 Å². The molecule has 0 aliphatic heterocycles. The minimum atomic E-state index is 0.854. The van der Waals surface area contributed by atoms with Crippen LogP contribution in [0.4, 0.5) is 5.95 Å². The quantitative estimate of drug-likeness (QED) is 0.669. The highest BCUT2D eigenvalue weighted by molar-refractivity contribution is 5.32. The standard InChI is InChI=1S/C16H31N5/c1-6-9-17-12-15-13-18-16(19-14(15)3)21(7-2)11-8-10-20(4)5/h13,17H,6-12H2,1-5H3. The first-order chi connectivity index (χ1) is 10.1. The number of hydrogen-bond donors (Lipinski definition) is 1. The second kappa shape index (κ2) is 9.68. The fourth-order valence-electron chi connectivity index (χ4n) is 2.18. The fourth-order valence-corrected chi connectivity index (χ4v) is 2.18. The highest BCUT2D eigenvalue weighted by atomic mass is 15.2. The van der Waals surface area contributed by atoms with Gasteiger partial charge in [0, 0.05) is 37.1 Å². The summed E-state index contributed by atoms with van der Waals surface area (Å²) in [4.78, 5) is 13.7. The summed E-state index contributed by atoms with van der Waals surface area (Å²) in [7, 11) is 4.21. The number of hydrogen-bond acceptors (Lipinski definition) is 5. The van der Waals surface area contributed by atoms with Gasteiger partial charge in [-0.3, -0.25) is 0 Å². The first-order valence-electron chi connectivity index (χ1n) is 8.01. The molecule has 1 aromatic heterocycles. The Hall–Kier alpha value is -1.20. The van der Waals surface area contributed by atoms with Gasteiger partial charge in [-0.1, -0.05) is 6.92 Å². The van der Waals surface area contributed by atoms with Crippen molar-refractivity contribution in [2.75, 3.05) is 45.2 Å². The zero-order valence-corrected chi connectivity index (χ0v) is 14.3. The molecular formula is C16H31N5. The zero-order valence-electron chi connectivity index (χ0n) is 14.3. The van der Waals surface area contributed by atoms with Crippen molar-refractivity contribution in [3.63, 3.8) is 0 Å². The normalized spacial score (nSPS) is 11.1. The van der Waals surface area contributed by atoms with Crippen molar-refractivity contribution in [2.24, 2.45) is 0 Å². The van der Waals surface area contributed by atoms with Crippen molar-refractivity contribution in [2.45, 2.75) is 40.2 Å². The van der Waals surface area contributed by atoms with E-state index in [0.717, 1.165) is 57.2 Å². The van der Waals surface area contributed by atoms with Crippen LogP contribution in [0.2, 0.25) is 0 Å². The second-order valence-electron chi connectivity index (χ2n) is 5.69. The maximum absolute atomic E-state index is 4.68. The van der Waals surface area contributed by atoms with Gasteiger partial charge in [-0.15, -0.1) is 0 Å². The minimum Gasteiger partial charge on any atom is -0.341 e. The molecule has 0 unspecified atom stereocenters. The molecular weight excluding hydrogens is 262 g/mol. The van der Waals surface area contributed by atoms with Crippen molar-refractivity contribution in [3.05, 3.63) is 17.5 Å². The topological polar surface area (TPSA) is 44.3 Å². The van der Waals surface area contributed by atoms with Crippen LogP contribution in [0.5, 0.6) is 0 Å². The lowest BCUT2D eigenvalue weighted by Crippen LogP contribution is -2.29. The third kappa shape index (κ3) is 6.40. The predicted molar refractivity (Wildman–Crippen MR) is 89.8 cm³/mol. The summed E-state index contributed by atoms with van der Waals surface area (Å²) in [5, 5.41) is 3.40. The van der Waals surface area contributed by atoms with Gasteiger partial charge in [-0.05, 0) is 53.9 Å².